The summed E-state index contributed by atoms with van der Waals surface area (Å²) >= 11 is 0. The number of hydrogen-bond acceptors (Lipinski definition) is 14. The molecule has 5 aromatic rings. The molecule has 0 radical (unpaired) electrons. The van der Waals surface area contributed by atoms with Crippen molar-refractivity contribution in [3.8, 4) is 56.9 Å². The van der Waals surface area contributed by atoms with E-state index < -0.39 is 86.4 Å². The average Bonchev–Trinajstić information content (AvgIpc) is 0.746. The van der Waals surface area contributed by atoms with E-state index in [2.05, 4.69) is 10.6 Å². The number of fused-ring (bicyclic) bond motifs is 2. The number of carboxylic acid groups (broad SMARTS) is 1. The number of carbonyl (C=O) groups is 5. The number of esters is 1. The average molecular weight is 1250 g/mol. The van der Waals surface area contributed by atoms with Crippen LogP contribution < -0.4 is 53.9 Å². The summed E-state index contributed by atoms with van der Waals surface area (Å²) in [6.45, 7) is -0.319. The quantitative estimate of drug-likeness (QED) is 0.0169. The third-order valence-corrected chi connectivity index (χ3v) is 16.5. The van der Waals surface area contributed by atoms with Crippen LogP contribution in [-0.2, 0) is 25.5 Å². The Labute approximate surface area is 516 Å². The number of nitrogens with one attached hydrogen (secondary N) is 2. The molecule has 0 aromatic heterocycles. The summed E-state index contributed by atoms with van der Waals surface area (Å²) < 4.78 is 104. The van der Waals surface area contributed by atoms with E-state index in [0.717, 1.165) is 5.56 Å². The van der Waals surface area contributed by atoms with Crippen molar-refractivity contribution in [2.24, 2.45) is 0 Å². The highest BCUT2D eigenvalue weighted by atomic mass is 19.3. The zero-order valence-corrected chi connectivity index (χ0v) is 50.6. The van der Waals surface area contributed by atoms with E-state index in [-0.39, 0.29) is 47.0 Å². The van der Waals surface area contributed by atoms with Crippen molar-refractivity contribution in [3.63, 3.8) is 0 Å². The number of amides is 3. The largest absolute Gasteiger partial charge is 0.493 e. The van der Waals surface area contributed by atoms with Gasteiger partial charge in [0.1, 0.15) is 29.2 Å². The second-order valence-electron chi connectivity index (χ2n) is 22.4. The predicted octanol–water partition coefficient (Wildman–Crippen LogP) is 9.54. The van der Waals surface area contributed by atoms with Crippen molar-refractivity contribution in [1.29, 1.82) is 0 Å². The number of carboxylic acids is 1. The number of benzene rings is 6. The van der Waals surface area contributed by atoms with Crippen molar-refractivity contribution >= 4 is 46.3 Å². The summed E-state index contributed by atoms with van der Waals surface area (Å²) in [6, 6.07) is 28.7. The Morgan fingerprint density at radius 2 is 1.47 bits per heavy atom. The third-order valence-electron chi connectivity index (χ3n) is 16.5. The van der Waals surface area contributed by atoms with Gasteiger partial charge in [0.2, 0.25) is 30.1 Å². The predicted molar refractivity (Wildman–Crippen MR) is 325 cm³/mol. The Morgan fingerprint density at radius 3 is 2.14 bits per heavy atom. The number of aromatic carboxylic acids is 1. The summed E-state index contributed by atoms with van der Waals surface area (Å²) in [5, 5.41) is 16.8. The van der Waals surface area contributed by atoms with Gasteiger partial charge in [0, 0.05) is 59.5 Å². The fraction of sp³-hybridized carbons (Fsp3) is 0.373. The second kappa shape index (κ2) is 27.1. The first-order chi connectivity index (χ1) is 43.2. The Bertz CT molecular complexity index is 3870. The standard InChI is InChI=1S/C67H69F4N5O14/c1-7-46(42-30-57(85-4)61(87-6)58(31-42)86-5)63(79)76-26-9-8-13-51(76)65(82)90-52(22-14-39-15-23-53(83-2)56(27-39)84-3)40-11-10-12-45(28-40)88-34-59(77)72-24-25-73-62(78)41-16-19-47(64(80)81)50(29-41)60-48-20-17-43(74-35-66(68,69)36-74)32-54(48)89-55-33-44(18-21-49(55)60)75-37-67(70,71)38-75/h10-12,15-21,23,27-33,46,51-52H,7-9,13-14,22,24-26,34-38H2,1-6H3,(H2-,72,73,77,78,80,81)/p+1/t46-,51-,52+/m0/s1. The third kappa shape index (κ3) is 13.8. The van der Waals surface area contributed by atoms with Crippen LogP contribution in [0.3, 0.4) is 0 Å². The Hall–Kier alpha value is -9.54. The van der Waals surface area contributed by atoms with Crippen LogP contribution in [0.2, 0.25) is 0 Å². The van der Waals surface area contributed by atoms with Gasteiger partial charge in [-0.15, -0.1) is 0 Å². The number of rotatable bonds is 24. The number of anilines is 1. The first-order valence-corrected chi connectivity index (χ1v) is 29.5. The lowest BCUT2D eigenvalue weighted by molar-refractivity contribution is -0.162. The van der Waals surface area contributed by atoms with Crippen LogP contribution in [0.15, 0.2) is 114 Å². The van der Waals surface area contributed by atoms with Crippen LogP contribution in [-0.4, -0.2) is 146 Å². The number of hydrogen-bond donors (Lipinski definition) is 3. The summed E-state index contributed by atoms with van der Waals surface area (Å²) in [4.78, 5) is 72.3. The topological polar surface area (TPSA) is 217 Å². The fourth-order valence-electron chi connectivity index (χ4n) is 11.8. The zero-order valence-electron chi connectivity index (χ0n) is 50.6. The van der Waals surface area contributed by atoms with Crippen LogP contribution >= 0.6 is 0 Å². The minimum Gasteiger partial charge on any atom is -0.493 e. The van der Waals surface area contributed by atoms with Crippen LogP contribution in [0.1, 0.15) is 88.5 Å². The normalized spacial score (nSPS) is 16.4. The van der Waals surface area contributed by atoms with Gasteiger partial charge in [-0.1, -0.05) is 25.1 Å². The van der Waals surface area contributed by atoms with E-state index in [0.29, 0.717) is 118 Å². The number of likely N-dealkylation sites (tertiary alicyclic amines) is 1. The minimum absolute atomic E-state index is 0.0313. The molecule has 0 bridgehead atoms. The maximum absolute atomic E-state index is 14.6. The van der Waals surface area contributed by atoms with E-state index in [1.54, 1.807) is 98.0 Å². The number of halogens is 4. The summed E-state index contributed by atoms with van der Waals surface area (Å²) in [5.74, 6) is -6.88. The Morgan fingerprint density at radius 1 is 0.733 bits per heavy atom. The van der Waals surface area contributed by atoms with Gasteiger partial charge in [-0.05, 0) is 134 Å². The molecular formula is C67H70F4N5O14+. The highest BCUT2D eigenvalue weighted by Crippen LogP contribution is 2.45. The van der Waals surface area contributed by atoms with Gasteiger partial charge in [0.15, 0.2) is 29.6 Å². The first-order valence-electron chi connectivity index (χ1n) is 29.5. The molecule has 474 valence electrons. The number of aryl methyl sites for hydroxylation is 1. The van der Waals surface area contributed by atoms with Gasteiger partial charge < -0.3 is 63.1 Å². The van der Waals surface area contributed by atoms with E-state index in [4.69, 9.17) is 37.6 Å². The molecule has 0 unspecified atom stereocenters. The second-order valence-corrected chi connectivity index (χ2v) is 22.4. The fourth-order valence-corrected chi connectivity index (χ4v) is 11.8. The molecule has 3 amide bonds. The van der Waals surface area contributed by atoms with Crippen molar-refractivity contribution in [2.75, 3.05) is 92.9 Å². The highest BCUT2D eigenvalue weighted by molar-refractivity contribution is 6.09. The number of piperidine rings is 1. The summed E-state index contributed by atoms with van der Waals surface area (Å²) in [6.07, 6.45) is 2.10. The van der Waals surface area contributed by atoms with Gasteiger partial charge >= 0.3 is 17.9 Å². The molecule has 5 aliphatic rings. The van der Waals surface area contributed by atoms with Crippen molar-refractivity contribution in [3.05, 3.63) is 142 Å². The molecule has 0 saturated carbocycles. The highest BCUT2D eigenvalue weighted by Gasteiger charge is 2.50. The van der Waals surface area contributed by atoms with Crippen molar-refractivity contribution in [1.82, 2.24) is 20.1 Å². The van der Waals surface area contributed by atoms with Crippen LogP contribution in [0.25, 0.3) is 33.4 Å². The minimum atomic E-state index is -2.87. The van der Waals surface area contributed by atoms with Crippen molar-refractivity contribution in [2.45, 2.75) is 75.4 Å². The molecule has 5 aromatic carbocycles. The van der Waals surface area contributed by atoms with Gasteiger partial charge in [-0.25, -0.2) is 22.9 Å². The molecular weight excluding hydrogens is 1170 g/mol. The van der Waals surface area contributed by atoms with Gasteiger partial charge in [0.25, 0.3) is 17.7 Å². The molecule has 3 fully saturated rings. The smallest absolute Gasteiger partial charge is 0.361 e. The monoisotopic (exact) mass is 1240 g/mol. The van der Waals surface area contributed by atoms with E-state index >= 15 is 0 Å². The van der Waals surface area contributed by atoms with Gasteiger partial charge in [0.05, 0.1) is 66.2 Å². The van der Waals surface area contributed by atoms with Crippen LogP contribution in [0.4, 0.5) is 23.2 Å². The number of ether oxygens (including phenoxy) is 7. The number of nitrogens with zero attached hydrogens (tertiary/aromatic N) is 3. The van der Waals surface area contributed by atoms with Gasteiger partial charge in [-0.3, -0.25) is 14.4 Å². The molecule has 1 aliphatic carbocycles. The number of carbonyl (C=O) groups excluding carboxylic acids is 4. The van der Waals surface area contributed by atoms with Gasteiger partial charge in [-0.2, -0.15) is 8.78 Å². The number of alkyl halides is 4. The van der Waals surface area contributed by atoms with Crippen LogP contribution in [0.5, 0.6) is 34.5 Å². The van der Waals surface area contributed by atoms with E-state index in [1.807, 2.05) is 19.1 Å². The molecule has 4 heterocycles. The van der Waals surface area contributed by atoms with E-state index in [9.17, 15) is 46.6 Å². The Balaban J connectivity index is 0.818. The molecule has 4 aliphatic heterocycles. The molecule has 23 heteroatoms. The molecule has 19 nitrogen and oxygen atoms in total. The SMILES string of the molecule is CC[C@H](C(=O)N1CCCC[C@H]1C(=O)O[C@H](CCc1ccc(OC)c(OC)c1)c1cccc(OCC(=O)NCCNC(=O)c2ccc(C(=O)O)c(-c3c4ccc(=[N+]5CC(F)(F)C5)cc-4oc4cc(N5CC(F)(F)C5)ccc34)c2)c1)c1cc(OC)c(OC)c(OC)c1. The Kier molecular flexibility index (Phi) is 19.1. The first kappa shape index (κ1) is 63.5. The summed E-state index contributed by atoms with van der Waals surface area (Å²) in [7, 11) is 7.59. The molecule has 10 rings (SSSR count). The zero-order chi connectivity index (χ0) is 64.0. The van der Waals surface area contributed by atoms with E-state index in [1.165, 1.54) is 49.0 Å². The van der Waals surface area contributed by atoms with Crippen LogP contribution in [0, 0.1) is 0 Å². The van der Waals surface area contributed by atoms with Crippen molar-refractivity contribution < 1.29 is 84.2 Å². The maximum Gasteiger partial charge on any atom is 0.361 e. The lowest BCUT2D eigenvalue weighted by Gasteiger charge is -2.40. The number of methoxy groups -OCH3 is 5. The lowest BCUT2D eigenvalue weighted by atomic mass is 9.89. The maximum atomic E-state index is 14.6. The summed E-state index contributed by atoms with van der Waals surface area (Å²) in [5.41, 5.74) is 3.50. The molecule has 3 saturated heterocycles. The molecule has 0 spiro atoms. The lowest BCUT2D eigenvalue weighted by Crippen LogP contribution is -2.57. The molecule has 3 N–H and O–H groups in total. The molecule has 3 atom stereocenters. The molecule has 90 heavy (non-hydrogen) atoms.